The number of hydrogen-bond acceptors (Lipinski definition) is 3. The molecule has 0 fully saturated rings. The minimum Gasteiger partial charge on any atom is -0.494 e. The van der Waals surface area contributed by atoms with Crippen molar-refractivity contribution < 1.29 is 13.5 Å². The van der Waals surface area contributed by atoms with Gasteiger partial charge >= 0.3 is 0 Å². The van der Waals surface area contributed by atoms with Gasteiger partial charge < -0.3 is 9.15 Å². The molecule has 0 unspecified atom stereocenters. The fourth-order valence-electron chi connectivity index (χ4n) is 3.35. The molecule has 3 aromatic carbocycles. The lowest BCUT2D eigenvalue weighted by Crippen LogP contribution is -1.97. The zero-order valence-electron chi connectivity index (χ0n) is 16.5. The number of unbranched alkanes of at least 4 members (excludes halogenated alkanes) is 3. The summed E-state index contributed by atoms with van der Waals surface area (Å²) < 4.78 is 25.9. The maximum atomic E-state index is 14.1. The summed E-state index contributed by atoms with van der Waals surface area (Å²) in [7, 11) is 0. The predicted octanol–water partition coefficient (Wildman–Crippen LogP) is 7.26. The first-order valence-electron chi connectivity index (χ1n) is 10.1. The number of nitrogens with zero attached hydrogens (tertiary/aromatic N) is 1. The summed E-state index contributed by atoms with van der Waals surface area (Å²) >= 11 is 0. The highest BCUT2D eigenvalue weighted by Crippen LogP contribution is 2.30. The quantitative estimate of drug-likeness (QED) is 0.297. The van der Waals surface area contributed by atoms with Crippen LogP contribution in [0, 0.1) is 5.82 Å². The Balaban J connectivity index is 1.55. The third-order valence-electron chi connectivity index (χ3n) is 4.92. The van der Waals surface area contributed by atoms with Gasteiger partial charge in [0.1, 0.15) is 17.1 Å². The molecule has 0 aliphatic heterocycles. The third kappa shape index (κ3) is 4.48. The van der Waals surface area contributed by atoms with E-state index in [0.29, 0.717) is 23.6 Å². The first-order chi connectivity index (χ1) is 14.2. The minimum absolute atomic E-state index is 0.254. The van der Waals surface area contributed by atoms with E-state index in [2.05, 4.69) is 11.9 Å². The summed E-state index contributed by atoms with van der Waals surface area (Å²) in [6.07, 6.45) is 4.69. The second kappa shape index (κ2) is 8.91. The molecular formula is C25H24FNO2. The van der Waals surface area contributed by atoms with E-state index in [4.69, 9.17) is 9.15 Å². The van der Waals surface area contributed by atoms with E-state index >= 15 is 0 Å². The Morgan fingerprint density at radius 2 is 1.79 bits per heavy atom. The standard InChI is InChI=1S/C25H24FNO2/c1-2-3-4-7-15-28-20-10-8-9-19(16-20)25-27-23-14-13-18(17-24(23)29-25)21-11-5-6-12-22(21)26/h5-6,8-14,16-17H,2-4,7,15H2,1H3. The van der Waals surface area contributed by atoms with Gasteiger partial charge in [0.05, 0.1) is 6.61 Å². The molecule has 0 spiro atoms. The Bertz CT molecular complexity index is 1100. The van der Waals surface area contributed by atoms with E-state index < -0.39 is 0 Å². The molecule has 1 aromatic heterocycles. The Morgan fingerprint density at radius 1 is 0.897 bits per heavy atom. The number of rotatable bonds is 8. The fraction of sp³-hybridized carbons (Fsp3) is 0.240. The van der Waals surface area contributed by atoms with Crippen molar-refractivity contribution in [2.75, 3.05) is 6.61 Å². The van der Waals surface area contributed by atoms with E-state index in [9.17, 15) is 4.39 Å². The maximum absolute atomic E-state index is 14.1. The number of ether oxygens (including phenoxy) is 1. The summed E-state index contributed by atoms with van der Waals surface area (Å²) in [6.45, 7) is 2.91. The van der Waals surface area contributed by atoms with Crippen LogP contribution in [0.5, 0.6) is 5.75 Å². The zero-order valence-corrected chi connectivity index (χ0v) is 16.5. The van der Waals surface area contributed by atoms with Crippen molar-refractivity contribution in [3.63, 3.8) is 0 Å². The second-order valence-corrected chi connectivity index (χ2v) is 7.12. The largest absolute Gasteiger partial charge is 0.494 e. The molecule has 3 nitrogen and oxygen atoms in total. The predicted molar refractivity (Wildman–Crippen MR) is 114 cm³/mol. The molecule has 29 heavy (non-hydrogen) atoms. The van der Waals surface area contributed by atoms with Crippen LogP contribution in [0.15, 0.2) is 71.1 Å². The van der Waals surface area contributed by atoms with Crippen LogP contribution in [0.4, 0.5) is 4.39 Å². The number of halogens is 1. The highest BCUT2D eigenvalue weighted by Gasteiger charge is 2.12. The molecule has 0 aliphatic rings. The average Bonchev–Trinajstić information content (AvgIpc) is 3.18. The lowest BCUT2D eigenvalue weighted by Gasteiger charge is -2.06. The second-order valence-electron chi connectivity index (χ2n) is 7.12. The lowest BCUT2D eigenvalue weighted by atomic mass is 10.1. The van der Waals surface area contributed by atoms with Crippen LogP contribution in [0.3, 0.4) is 0 Å². The van der Waals surface area contributed by atoms with E-state index in [1.807, 2.05) is 48.5 Å². The molecule has 0 aliphatic carbocycles. The average molecular weight is 389 g/mol. The third-order valence-corrected chi connectivity index (χ3v) is 4.92. The van der Waals surface area contributed by atoms with Gasteiger partial charge in [0.25, 0.3) is 0 Å². The van der Waals surface area contributed by atoms with E-state index in [-0.39, 0.29) is 5.82 Å². The molecule has 0 N–H and O–H groups in total. The summed E-state index contributed by atoms with van der Waals surface area (Å²) in [5, 5.41) is 0. The van der Waals surface area contributed by atoms with Gasteiger partial charge in [-0.2, -0.15) is 0 Å². The van der Waals surface area contributed by atoms with Crippen LogP contribution in [0.2, 0.25) is 0 Å². The highest BCUT2D eigenvalue weighted by molar-refractivity contribution is 5.82. The van der Waals surface area contributed by atoms with Gasteiger partial charge in [-0.3, -0.25) is 0 Å². The molecule has 1 heterocycles. The Labute approximate surface area is 170 Å². The molecule has 0 amide bonds. The van der Waals surface area contributed by atoms with Gasteiger partial charge in [-0.15, -0.1) is 0 Å². The summed E-state index contributed by atoms with van der Waals surface area (Å²) in [4.78, 5) is 4.59. The minimum atomic E-state index is -0.254. The van der Waals surface area contributed by atoms with Crippen LogP contribution in [0.1, 0.15) is 32.6 Å². The van der Waals surface area contributed by atoms with Crippen molar-refractivity contribution in [2.45, 2.75) is 32.6 Å². The van der Waals surface area contributed by atoms with Crippen LogP contribution in [0.25, 0.3) is 33.7 Å². The van der Waals surface area contributed by atoms with Crippen molar-refractivity contribution in [1.82, 2.24) is 4.98 Å². The SMILES string of the molecule is CCCCCCOc1cccc(-c2nc3ccc(-c4ccccc4F)cc3o2)c1. The summed E-state index contributed by atoms with van der Waals surface area (Å²) in [5.74, 6) is 1.09. The Kier molecular flexibility index (Phi) is 5.89. The molecule has 4 heteroatoms. The van der Waals surface area contributed by atoms with E-state index in [1.165, 1.54) is 25.3 Å². The van der Waals surface area contributed by atoms with Gasteiger partial charge in [-0.05, 0) is 48.4 Å². The first kappa shape index (κ1) is 19.2. The van der Waals surface area contributed by atoms with Crippen LogP contribution >= 0.6 is 0 Å². The number of benzene rings is 3. The summed E-state index contributed by atoms with van der Waals surface area (Å²) in [6, 6.07) is 20.1. The lowest BCUT2D eigenvalue weighted by molar-refractivity contribution is 0.305. The number of fused-ring (bicyclic) bond motifs is 1. The first-order valence-corrected chi connectivity index (χ1v) is 10.1. The van der Waals surface area contributed by atoms with Crippen molar-refractivity contribution in [3.8, 4) is 28.3 Å². The van der Waals surface area contributed by atoms with Crippen molar-refractivity contribution in [1.29, 1.82) is 0 Å². The topological polar surface area (TPSA) is 35.3 Å². The molecule has 0 bridgehead atoms. The highest BCUT2D eigenvalue weighted by atomic mass is 19.1. The van der Waals surface area contributed by atoms with Crippen molar-refractivity contribution in [2.24, 2.45) is 0 Å². The smallest absolute Gasteiger partial charge is 0.227 e. The number of hydrogen-bond donors (Lipinski definition) is 0. The Hall–Kier alpha value is -3.14. The monoisotopic (exact) mass is 389 g/mol. The summed E-state index contributed by atoms with van der Waals surface area (Å²) in [5.41, 5.74) is 3.55. The van der Waals surface area contributed by atoms with E-state index in [0.717, 1.165) is 28.8 Å². The van der Waals surface area contributed by atoms with Gasteiger partial charge in [0.15, 0.2) is 5.58 Å². The number of aromatic nitrogens is 1. The normalized spacial score (nSPS) is 11.1. The Morgan fingerprint density at radius 3 is 2.66 bits per heavy atom. The van der Waals surface area contributed by atoms with Crippen LogP contribution < -0.4 is 4.74 Å². The van der Waals surface area contributed by atoms with Gasteiger partial charge in [-0.1, -0.05) is 56.5 Å². The molecule has 4 aromatic rings. The molecule has 0 saturated heterocycles. The number of oxazole rings is 1. The van der Waals surface area contributed by atoms with Crippen molar-refractivity contribution in [3.05, 3.63) is 72.5 Å². The van der Waals surface area contributed by atoms with Crippen LogP contribution in [-0.4, -0.2) is 11.6 Å². The maximum Gasteiger partial charge on any atom is 0.227 e. The van der Waals surface area contributed by atoms with Crippen molar-refractivity contribution >= 4 is 11.1 Å². The molecular weight excluding hydrogens is 365 g/mol. The molecule has 0 saturated carbocycles. The van der Waals surface area contributed by atoms with Gasteiger partial charge in [0, 0.05) is 11.1 Å². The van der Waals surface area contributed by atoms with E-state index in [1.54, 1.807) is 12.1 Å². The molecule has 0 radical (unpaired) electrons. The fourth-order valence-corrected chi connectivity index (χ4v) is 3.35. The molecule has 4 rings (SSSR count). The zero-order chi connectivity index (χ0) is 20.1. The molecule has 0 atom stereocenters. The van der Waals surface area contributed by atoms with Gasteiger partial charge in [0.2, 0.25) is 5.89 Å². The van der Waals surface area contributed by atoms with Gasteiger partial charge in [-0.25, -0.2) is 9.37 Å². The molecule has 148 valence electrons. The van der Waals surface area contributed by atoms with Crippen LogP contribution in [-0.2, 0) is 0 Å².